The first kappa shape index (κ1) is 27.4. The molecule has 1 unspecified atom stereocenters. The van der Waals surface area contributed by atoms with Crippen molar-refractivity contribution >= 4 is 45.0 Å². The van der Waals surface area contributed by atoms with Gasteiger partial charge in [-0.2, -0.15) is 0 Å². The third-order valence-electron chi connectivity index (χ3n) is 6.20. The fraction of sp³-hybridized carbons (Fsp3) is 0.440. The van der Waals surface area contributed by atoms with E-state index in [9.17, 15) is 19.1 Å². The number of carbonyl (C=O) groups excluding carboxylic acids is 1. The molecule has 0 saturated carbocycles. The minimum Gasteiger partial charge on any atom is -0.481 e. The van der Waals surface area contributed by atoms with Gasteiger partial charge in [-0.1, -0.05) is 28.9 Å². The summed E-state index contributed by atoms with van der Waals surface area (Å²) in [6.07, 6.45) is 1.43. The van der Waals surface area contributed by atoms with Crippen molar-refractivity contribution in [2.75, 3.05) is 32.8 Å². The Bertz CT molecular complexity index is 1210. The van der Waals surface area contributed by atoms with Gasteiger partial charge in [0.2, 0.25) is 0 Å². The fourth-order valence-corrected chi connectivity index (χ4v) is 5.57. The van der Waals surface area contributed by atoms with Gasteiger partial charge in [0.25, 0.3) is 0 Å². The lowest BCUT2D eigenvalue weighted by molar-refractivity contribution is -0.141. The Morgan fingerprint density at radius 3 is 2.92 bits per heavy atom. The number of aliphatic carboxylic acids is 1. The van der Waals surface area contributed by atoms with E-state index in [4.69, 9.17) is 14.5 Å². The number of rotatable bonds is 9. The quantitative estimate of drug-likeness (QED) is 0.422. The predicted molar refractivity (Wildman–Crippen MR) is 140 cm³/mol. The number of thiazole rings is 1. The molecule has 4 rings (SSSR count). The Kier molecular flexibility index (Phi) is 9.06. The third kappa shape index (κ3) is 6.61. The molecule has 2 N–H and O–H groups in total. The maximum atomic E-state index is 13.9. The summed E-state index contributed by atoms with van der Waals surface area (Å²) in [6, 6.07) is 3.52. The molecule has 0 spiro atoms. The number of carboxylic acids is 1. The molecule has 1 fully saturated rings. The molecule has 0 amide bonds. The second kappa shape index (κ2) is 12.2. The number of carboxylic acid groups (broad SMARTS) is 1. The first-order valence-electron chi connectivity index (χ1n) is 11.9. The van der Waals surface area contributed by atoms with E-state index in [-0.39, 0.29) is 25.0 Å². The number of carbonyl (C=O) groups is 2. The van der Waals surface area contributed by atoms with Crippen molar-refractivity contribution in [2.24, 2.45) is 10.9 Å². The molecule has 1 aromatic heterocycles. The van der Waals surface area contributed by atoms with E-state index in [1.165, 1.54) is 23.5 Å². The minimum atomic E-state index is -0.869. The Labute approximate surface area is 226 Å². The van der Waals surface area contributed by atoms with Gasteiger partial charge in [-0.15, -0.1) is 11.3 Å². The molecule has 3 heterocycles. The van der Waals surface area contributed by atoms with E-state index in [0.29, 0.717) is 58.4 Å². The van der Waals surface area contributed by atoms with E-state index in [1.807, 2.05) is 12.3 Å². The maximum Gasteiger partial charge on any atom is 0.338 e. The maximum absolute atomic E-state index is 13.9. The standard InChI is InChI=1S/C25H28BrFN4O5S/c1-3-35-25(34)21-18(12-31-7-8-36-19(13-31)14(2)10-20(32)33)29-23(24-28-6-9-37-24)30-22(21)16-5-4-15(27)11-17(16)26/h4-6,9,11,14,19,22H,3,7-8,10,12-13H2,1-2H3,(H,29,30)(H,32,33)/t14?,19-,22+/m1/s1. The van der Waals surface area contributed by atoms with Gasteiger partial charge in [-0.3, -0.25) is 14.7 Å². The molecular weight excluding hydrogens is 567 g/mol. The zero-order valence-corrected chi connectivity index (χ0v) is 22.8. The van der Waals surface area contributed by atoms with Crippen molar-refractivity contribution in [3.63, 3.8) is 0 Å². The lowest BCUT2D eigenvalue weighted by Gasteiger charge is -2.37. The largest absolute Gasteiger partial charge is 0.481 e. The minimum absolute atomic E-state index is 0.00898. The van der Waals surface area contributed by atoms with Crippen molar-refractivity contribution in [2.45, 2.75) is 32.4 Å². The number of aliphatic imine (C=N–C) groups is 1. The van der Waals surface area contributed by atoms with E-state index in [0.717, 1.165) is 0 Å². The van der Waals surface area contributed by atoms with Crippen molar-refractivity contribution in [1.29, 1.82) is 0 Å². The van der Waals surface area contributed by atoms with Crippen LogP contribution >= 0.6 is 27.3 Å². The summed E-state index contributed by atoms with van der Waals surface area (Å²) in [5, 5.41) is 15.0. The molecule has 3 atom stereocenters. The predicted octanol–water partition coefficient (Wildman–Crippen LogP) is 3.76. The van der Waals surface area contributed by atoms with Crippen LogP contribution in [0.25, 0.3) is 0 Å². The number of hydrogen-bond acceptors (Lipinski definition) is 9. The Morgan fingerprint density at radius 2 is 2.24 bits per heavy atom. The summed E-state index contributed by atoms with van der Waals surface area (Å²) in [5.74, 6) is -1.47. The van der Waals surface area contributed by atoms with Crippen LogP contribution in [0, 0.1) is 11.7 Å². The van der Waals surface area contributed by atoms with Crippen molar-refractivity contribution in [1.82, 2.24) is 15.2 Å². The lowest BCUT2D eigenvalue weighted by atomic mass is 9.94. The van der Waals surface area contributed by atoms with Gasteiger partial charge in [0.05, 0.1) is 31.3 Å². The number of nitrogens with zero attached hydrogens (tertiary/aromatic N) is 3. The number of nitrogens with one attached hydrogen (secondary N) is 1. The van der Waals surface area contributed by atoms with Crippen LogP contribution in [-0.2, 0) is 19.1 Å². The highest BCUT2D eigenvalue weighted by Crippen LogP contribution is 2.37. The van der Waals surface area contributed by atoms with Gasteiger partial charge < -0.3 is 19.9 Å². The normalized spacial score (nSPS) is 21.2. The highest BCUT2D eigenvalue weighted by molar-refractivity contribution is 9.10. The summed E-state index contributed by atoms with van der Waals surface area (Å²) in [5.41, 5.74) is 1.55. The molecule has 2 aliphatic heterocycles. The molecule has 1 saturated heterocycles. The number of hydrogen-bond donors (Lipinski definition) is 2. The Hall–Kier alpha value is -2.67. The molecule has 37 heavy (non-hydrogen) atoms. The third-order valence-corrected chi connectivity index (χ3v) is 7.67. The zero-order chi connectivity index (χ0) is 26.5. The van der Waals surface area contributed by atoms with E-state index in [2.05, 4.69) is 31.1 Å². The Balaban J connectivity index is 1.72. The van der Waals surface area contributed by atoms with Gasteiger partial charge in [0.15, 0.2) is 10.8 Å². The van der Waals surface area contributed by atoms with Gasteiger partial charge in [0, 0.05) is 41.4 Å². The van der Waals surface area contributed by atoms with Gasteiger partial charge in [-0.05, 0) is 30.5 Å². The number of aromatic nitrogens is 1. The Morgan fingerprint density at radius 1 is 1.43 bits per heavy atom. The number of amidine groups is 1. The van der Waals surface area contributed by atoms with Crippen LogP contribution in [0.15, 0.2) is 50.5 Å². The molecule has 2 aromatic rings. The number of halogens is 2. The van der Waals surface area contributed by atoms with Crippen molar-refractivity contribution in [3.8, 4) is 0 Å². The summed E-state index contributed by atoms with van der Waals surface area (Å²) >= 11 is 4.84. The van der Waals surface area contributed by atoms with Crippen molar-refractivity contribution in [3.05, 3.63) is 61.9 Å². The van der Waals surface area contributed by atoms with Gasteiger partial charge in [0.1, 0.15) is 11.9 Å². The van der Waals surface area contributed by atoms with Crippen LogP contribution in [0.5, 0.6) is 0 Å². The molecule has 12 heteroatoms. The molecule has 2 aliphatic rings. The number of benzene rings is 1. The van der Waals surface area contributed by atoms with Crippen molar-refractivity contribution < 1.29 is 28.6 Å². The molecule has 0 bridgehead atoms. The summed E-state index contributed by atoms with van der Waals surface area (Å²) in [7, 11) is 0. The highest BCUT2D eigenvalue weighted by atomic mass is 79.9. The van der Waals surface area contributed by atoms with Crippen LogP contribution in [-0.4, -0.2) is 71.7 Å². The van der Waals surface area contributed by atoms with E-state index in [1.54, 1.807) is 19.2 Å². The molecule has 0 radical (unpaired) electrons. The van der Waals surface area contributed by atoms with Crippen LogP contribution in [0.1, 0.15) is 36.9 Å². The van der Waals surface area contributed by atoms with Gasteiger partial charge in [-0.25, -0.2) is 14.2 Å². The van der Waals surface area contributed by atoms with E-state index >= 15 is 0 Å². The second-order valence-corrected chi connectivity index (χ2v) is 10.6. The topological polar surface area (TPSA) is 113 Å². The molecule has 198 valence electrons. The van der Waals surface area contributed by atoms with Gasteiger partial charge >= 0.3 is 11.9 Å². The fourth-order valence-electron chi connectivity index (χ4n) is 4.42. The zero-order valence-electron chi connectivity index (χ0n) is 20.4. The monoisotopic (exact) mass is 594 g/mol. The molecule has 1 aromatic carbocycles. The smallest absolute Gasteiger partial charge is 0.338 e. The molecule has 9 nitrogen and oxygen atoms in total. The summed E-state index contributed by atoms with van der Waals surface area (Å²) in [6.45, 7) is 5.68. The first-order chi connectivity index (χ1) is 17.8. The number of morpholine rings is 1. The SMILES string of the molecule is CCOC(=O)C1=C(CN2CCO[C@@H](C(C)CC(=O)O)C2)NC(c2nccs2)=N[C@H]1c1ccc(F)cc1Br. The van der Waals surface area contributed by atoms with Crippen LogP contribution in [0.4, 0.5) is 4.39 Å². The first-order valence-corrected chi connectivity index (χ1v) is 13.6. The second-order valence-electron chi connectivity index (χ2n) is 8.84. The highest BCUT2D eigenvalue weighted by Gasteiger charge is 2.36. The number of esters is 1. The number of ether oxygens (including phenoxy) is 2. The summed E-state index contributed by atoms with van der Waals surface area (Å²) in [4.78, 5) is 35.8. The lowest BCUT2D eigenvalue weighted by Crippen LogP contribution is -2.48. The average Bonchev–Trinajstić information content (AvgIpc) is 3.39. The van der Waals surface area contributed by atoms with Crippen LogP contribution < -0.4 is 5.32 Å². The molecular formula is C25H28BrFN4O5S. The average molecular weight is 595 g/mol. The van der Waals surface area contributed by atoms with E-state index < -0.39 is 23.8 Å². The van der Waals surface area contributed by atoms with Crippen LogP contribution in [0.2, 0.25) is 0 Å². The molecule has 0 aliphatic carbocycles. The van der Waals surface area contributed by atoms with Crippen LogP contribution in [0.3, 0.4) is 0 Å². The summed E-state index contributed by atoms with van der Waals surface area (Å²) < 4.78 is 25.7.